The number of likely N-dealkylation sites (tertiary alicyclic amines) is 1. The lowest BCUT2D eigenvalue weighted by atomic mass is 9.45. The average Bonchev–Trinajstić information content (AvgIpc) is 3.16. The molecule has 2 heterocycles. The van der Waals surface area contributed by atoms with E-state index in [0.717, 1.165) is 32.1 Å². The molecule has 4 bridgehead atoms. The number of hydrogen-bond donors (Lipinski definition) is 2. The Morgan fingerprint density at radius 2 is 2.06 bits per heavy atom. The molecule has 3 unspecified atom stereocenters. The van der Waals surface area contributed by atoms with Gasteiger partial charge in [-0.3, -0.25) is 4.79 Å². The van der Waals surface area contributed by atoms with Gasteiger partial charge in [-0.1, -0.05) is 0 Å². The zero-order valence-corrected chi connectivity index (χ0v) is 17.7. The van der Waals surface area contributed by atoms with Crippen molar-refractivity contribution in [1.29, 1.82) is 5.26 Å². The van der Waals surface area contributed by atoms with E-state index < -0.39 is 6.09 Å². The smallest absolute Gasteiger partial charge is 0.407 e. The van der Waals surface area contributed by atoms with Gasteiger partial charge in [0, 0.05) is 12.7 Å². The second kappa shape index (κ2) is 7.40. The van der Waals surface area contributed by atoms with Crippen LogP contribution in [0.5, 0.6) is 0 Å². The molecule has 6 rings (SSSR count). The van der Waals surface area contributed by atoms with Crippen LogP contribution in [0.1, 0.15) is 44.1 Å². The zero-order valence-electron chi connectivity index (χ0n) is 17.7. The van der Waals surface area contributed by atoms with Gasteiger partial charge >= 0.3 is 12.1 Å². The van der Waals surface area contributed by atoms with Gasteiger partial charge in [-0.2, -0.15) is 5.26 Å². The summed E-state index contributed by atoms with van der Waals surface area (Å²) in [7, 11) is 1.47. The molecule has 1 saturated heterocycles. The Labute approximate surface area is 181 Å². The molecule has 1 aromatic heterocycles. The van der Waals surface area contributed by atoms with E-state index in [2.05, 4.69) is 16.4 Å². The minimum Gasteiger partial charge on any atom is -0.469 e. The normalized spacial score (nSPS) is 38.0. The van der Waals surface area contributed by atoms with Crippen LogP contribution in [0.25, 0.3) is 0 Å². The van der Waals surface area contributed by atoms with Gasteiger partial charge in [0.2, 0.25) is 0 Å². The van der Waals surface area contributed by atoms with Crippen LogP contribution in [0.4, 0.5) is 10.6 Å². The van der Waals surface area contributed by atoms with Crippen molar-refractivity contribution < 1.29 is 19.4 Å². The van der Waals surface area contributed by atoms with Crippen LogP contribution in [-0.4, -0.2) is 52.8 Å². The SMILES string of the molecule is COC(=O)C12CC3CC(C1)C([C@@H]1C(Nc4ncccc4C#N)CCN1C(=O)O)C(C3)C2. The second-order valence-electron chi connectivity index (χ2n) is 9.84. The second-order valence-corrected chi connectivity index (χ2v) is 9.84. The molecule has 1 amide bonds. The van der Waals surface area contributed by atoms with Crippen molar-refractivity contribution in [2.24, 2.45) is 29.1 Å². The van der Waals surface area contributed by atoms with Crippen LogP contribution in [0.2, 0.25) is 0 Å². The van der Waals surface area contributed by atoms with Gasteiger partial charge in [-0.05, 0) is 74.3 Å². The van der Waals surface area contributed by atoms with Gasteiger partial charge in [0.1, 0.15) is 11.9 Å². The predicted octanol–water partition coefficient (Wildman–Crippen LogP) is 3.10. The van der Waals surface area contributed by atoms with Crippen molar-refractivity contribution in [3.05, 3.63) is 23.9 Å². The standard InChI is InChI=1S/C23H28N4O4/c1-31-21(28)23-9-13-7-15(10-23)18(16(8-13)11-23)19-17(4-6-27(19)22(29)30)26-20-14(12-24)3-2-5-25-20/h2-3,5,13,15-19H,4,6-11H2,1H3,(H,25,26)(H,29,30)/t13?,15?,16?,17?,18?,19-,23?/m0/s1. The molecular weight excluding hydrogens is 396 g/mol. The van der Waals surface area contributed by atoms with E-state index in [-0.39, 0.29) is 29.4 Å². The quantitative estimate of drug-likeness (QED) is 0.714. The summed E-state index contributed by atoms with van der Waals surface area (Å²) < 4.78 is 5.19. The van der Waals surface area contributed by atoms with Crippen LogP contribution in [-0.2, 0) is 9.53 Å². The number of nitriles is 1. The number of aromatic nitrogens is 1. The number of methoxy groups -OCH3 is 1. The first-order chi connectivity index (χ1) is 15.0. The van der Waals surface area contributed by atoms with Crippen molar-refractivity contribution in [2.45, 2.75) is 50.6 Å². The topological polar surface area (TPSA) is 116 Å². The lowest BCUT2D eigenvalue weighted by molar-refractivity contribution is -0.177. The maximum absolute atomic E-state index is 12.7. The number of carbonyl (C=O) groups is 2. The van der Waals surface area contributed by atoms with Gasteiger partial charge in [0.25, 0.3) is 0 Å². The maximum atomic E-state index is 12.7. The first-order valence-corrected chi connectivity index (χ1v) is 11.2. The first-order valence-electron chi connectivity index (χ1n) is 11.2. The number of nitrogens with zero attached hydrogens (tertiary/aromatic N) is 3. The highest BCUT2D eigenvalue weighted by Gasteiger charge is 2.62. The minimum absolute atomic E-state index is 0.0892. The van der Waals surface area contributed by atoms with Gasteiger partial charge in [0.05, 0.1) is 30.2 Å². The number of esters is 1. The van der Waals surface area contributed by atoms with E-state index in [1.54, 1.807) is 23.2 Å². The van der Waals surface area contributed by atoms with E-state index in [4.69, 9.17) is 4.74 Å². The Bertz CT molecular complexity index is 928. The summed E-state index contributed by atoms with van der Waals surface area (Å²) in [6.07, 6.45) is 6.04. The van der Waals surface area contributed by atoms with Crippen LogP contribution < -0.4 is 5.32 Å². The number of rotatable bonds is 4. The van der Waals surface area contributed by atoms with Crippen molar-refractivity contribution in [1.82, 2.24) is 9.88 Å². The molecule has 5 fully saturated rings. The third kappa shape index (κ3) is 3.13. The molecule has 0 spiro atoms. The molecule has 1 aliphatic heterocycles. The summed E-state index contributed by atoms with van der Waals surface area (Å²) in [5.74, 6) is 1.80. The van der Waals surface area contributed by atoms with Gasteiger partial charge in [-0.15, -0.1) is 0 Å². The zero-order chi connectivity index (χ0) is 21.8. The molecule has 0 aromatic carbocycles. The van der Waals surface area contributed by atoms with Gasteiger partial charge < -0.3 is 20.1 Å². The lowest BCUT2D eigenvalue weighted by Crippen LogP contribution is -2.61. The molecule has 2 N–H and O–H groups in total. The van der Waals surface area contributed by atoms with E-state index in [0.29, 0.717) is 42.1 Å². The number of pyridine rings is 1. The largest absolute Gasteiger partial charge is 0.469 e. The lowest BCUT2D eigenvalue weighted by Gasteiger charge is -2.60. The first kappa shape index (κ1) is 20.1. The van der Waals surface area contributed by atoms with Crippen LogP contribution >= 0.6 is 0 Å². The van der Waals surface area contributed by atoms with E-state index in [1.165, 1.54) is 7.11 Å². The van der Waals surface area contributed by atoms with Gasteiger partial charge in [0.15, 0.2) is 0 Å². The fourth-order valence-corrected chi connectivity index (χ4v) is 7.55. The summed E-state index contributed by atoms with van der Waals surface area (Å²) in [5.41, 5.74) is 0.0801. The molecule has 5 aliphatic rings. The Kier molecular flexibility index (Phi) is 4.80. The van der Waals surface area contributed by atoms with E-state index in [1.807, 2.05) is 0 Å². The molecule has 4 atom stereocenters. The molecule has 1 aromatic rings. The highest BCUT2D eigenvalue weighted by Crippen LogP contribution is 2.64. The van der Waals surface area contributed by atoms with E-state index in [9.17, 15) is 20.0 Å². The molecule has 0 radical (unpaired) electrons. The van der Waals surface area contributed by atoms with Crippen molar-refractivity contribution in [3.8, 4) is 6.07 Å². The van der Waals surface area contributed by atoms with Crippen molar-refractivity contribution in [2.75, 3.05) is 19.0 Å². The average molecular weight is 425 g/mol. The number of nitrogens with one attached hydrogen (secondary N) is 1. The number of carboxylic acid groups (broad SMARTS) is 1. The number of anilines is 1. The fourth-order valence-electron chi connectivity index (χ4n) is 7.55. The summed E-state index contributed by atoms with van der Waals surface area (Å²) in [6, 6.07) is 5.33. The molecule has 31 heavy (non-hydrogen) atoms. The number of ether oxygens (including phenoxy) is 1. The predicted molar refractivity (Wildman–Crippen MR) is 111 cm³/mol. The van der Waals surface area contributed by atoms with Crippen LogP contribution in [0, 0.1) is 40.4 Å². The monoisotopic (exact) mass is 424 g/mol. The maximum Gasteiger partial charge on any atom is 0.407 e. The Hall–Kier alpha value is -2.82. The molecule has 164 valence electrons. The Balaban J connectivity index is 1.46. The fraction of sp³-hybridized carbons (Fsp3) is 0.652. The Morgan fingerprint density at radius 1 is 1.32 bits per heavy atom. The third-order valence-electron chi connectivity index (χ3n) is 8.31. The van der Waals surface area contributed by atoms with Crippen LogP contribution in [0.15, 0.2) is 18.3 Å². The summed E-state index contributed by atoms with van der Waals surface area (Å²) in [5, 5.41) is 22.8. The Morgan fingerprint density at radius 3 is 2.71 bits per heavy atom. The minimum atomic E-state index is -0.896. The van der Waals surface area contributed by atoms with E-state index >= 15 is 0 Å². The molecule has 8 heteroatoms. The van der Waals surface area contributed by atoms with Crippen molar-refractivity contribution >= 4 is 17.9 Å². The summed E-state index contributed by atoms with van der Waals surface area (Å²) in [4.78, 5) is 30.7. The highest BCUT2D eigenvalue weighted by atomic mass is 16.5. The summed E-state index contributed by atoms with van der Waals surface area (Å²) in [6.45, 7) is 0.466. The van der Waals surface area contributed by atoms with Crippen LogP contribution in [0.3, 0.4) is 0 Å². The highest BCUT2D eigenvalue weighted by molar-refractivity contribution is 5.77. The van der Waals surface area contributed by atoms with Crippen molar-refractivity contribution in [3.63, 3.8) is 0 Å². The number of carbonyl (C=O) groups excluding carboxylic acids is 1. The molecular formula is C23H28N4O4. The summed E-state index contributed by atoms with van der Waals surface area (Å²) >= 11 is 0. The van der Waals surface area contributed by atoms with Gasteiger partial charge in [-0.25, -0.2) is 9.78 Å². The molecule has 4 aliphatic carbocycles. The number of hydrogen-bond acceptors (Lipinski definition) is 6. The number of amides is 1. The molecule has 8 nitrogen and oxygen atoms in total. The molecule has 4 saturated carbocycles. The third-order valence-corrected chi connectivity index (χ3v) is 8.31.